The lowest BCUT2D eigenvalue weighted by molar-refractivity contribution is 0.102. The molecule has 0 unspecified atom stereocenters. The predicted molar refractivity (Wildman–Crippen MR) is 135 cm³/mol. The van der Waals surface area contributed by atoms with Crippen LogP contribution in [0, 0.1) is 13.0 Å². The van der Waals surface area contributed by atoms with Crippen LogP contribution in [0.25, 0.3) is 11.0 Å². The van der Waals surface area contributed by atoms with Gasteiger partial charge in [0.2, 0.25) is 0 Å². The minimum absolute atomic E-state index is 0.111. The smallest absolute Gasteiger partial charge is 0.360 e. The quantitative estimate of drug-likeness (QED) is 0.408. The third-order valence-electron chi connectivity index (χ3n) is 6.16. The van der Waals surface area contributed by atoms with Crippen LogP contribution in [0.2, 0.25) is 0 Å². The molecule has 1 saturated heterocycles. The van der Waals surface area contributed by atoms with Crippen LogP contribution in [-0.4, -0.2) is 37.0 Å². The monoisotopic (exact) mass is 459 g/mol. The number of allylic oxidation sites excluding steroid dienone is 2. The summed E-state index contributed by atoms with van der Waals surface area (Å²) in [6.45, 7) is 7.96. The number of fused-ring (bicyclic) bond motifs is 1. The number of rotatable bonds is 6. The van der Waals surface area contributed by atoms with Crippen molar-refractivity contribution >= 4 is 22.6 Å². The van der Waals surface area contributed by atoms with Crippen molar-refractivity contribution < 1.29 is 13.9 Å². The van der Waals surface area contributed by atoms with E-state index in [-0.39, 0.29) is 17.7 Å². The molecule has 0 aliphatic carbocycles. The van der Waals surface area contributed by atoms with Gasteiger partial charge in [-0.2, -0.15) is 0 Å². The van der Waals surface area contributed by atoms with Crippen LogP contribution < -0.4 is 15.7 Å². The van der Waals surface area contributed by atoms with Crippen molar-refractivity contribution in [1.29, 1.82) is 0 Å². The van der Waals surface area contributed by atoms with Gasteiger partial charge >= 0.3 is 5.63 Å². The Balaban J connectivity index is 1.53. The summed E-state index contributed by atoms with van der Waals surface area (Å²) in [5, 5.41) is 3.43. The van der Waals surface area contributed by atoms with E-state index in [2.05, 4.69) is 29.4 Å². The molecular weight excluding hydrogens is 428 g/mol. The van der Waals surface area contributed by atoms with Gasteiger partial charge in [-0.25, -0.2) is 4.79 Å². The Bertz CT molecular complexity index is 1280. The summed E-state index contributed by atoms with van der Waals surface area (Å²) in [4.78, 5) is 27.8. The van der Waals surface area contributed by atoms with Gasteiger partial charge in [-0.3, -0.25) is 4.79 Å². The van der Waals surface area contributed by atoms with Crippen molar-refractivity contribution in [3.05, 3.63) is 81.2 Å². The van der Waals surface area contributed by atoms with E-state index in [0.29, 0.717) is 17.6 Å². The van der Waals surface area contributed by atoms with E-state index in [4.69, 9.17) is 9.15 Å². The Morgan fingerprint density at radius 1 is 1.24 bits per heavy atom. The summed E-state index contributed by atoms with van der Waals surface area (Å²) < 4.78 is 11.8. The molecule has 34 heavy (non-hydrogen) atoms. The summed E-state index contributed by atoms with van der Waals surface area (Å²) in [6.07, 6.45) is 4.87. The standard InChI is InChI=1S/C28H31N2O4/c1-18(2)8-9-20-6-5-7-22(16-20)27(31)29-24-17-21-10-11-25(19(3)26(21)34-28(24)32)33-23-12-14-30(4)15-13-23/h5,7-8,10-11,16-17,23H,9,12-15H2,1-4H3,(H,29,31). The van der Waals surface area contributed by atoms with Gasteiger partial charge in [0.15, 0.2) is 0 Å². The number of benzene rings is 2. The van der Waals surface area contributed by atoms with Crippen LogP contribution in [-0.2, 0) is 6.42 Å². The normalized spacial score (nSPS) is 14.7. The zero-order valence-corrected chi connectivity index (χ0v) is 20.2. The van der Waals surface area contributed by atoms with Crippen LogP contribution in [0.4, 0.5) is 5.69 Å². The molecule has 1 aliphatic rings. The topological polar surface area (TPSA) is 71.8 Å². The molecule has 1 amide bonds. The van der Waals surface area contributed by atoms with Gasteiger partial charge in [0, 0.05) is 29.6 Å². The number of nitrogens with zero attached hydrogens (tertiary/aromatic N) is 1. The second-order valence-electron chi connectivity index (χ2n) is 9.22. The van der Waals surface area contributed by atoms with Crippen molar-refractivity contribution in [1.82, 2.24) is 4.90 Å². The van der Waals surface area contributed by atoms with Crippen molar-refractivity contribution in [3.8, 4) is 5.75 Å². The maximum absolute atomic E-state index is 12.8. The number of piperidine rings is 1. The number of ether oxygens (including phenoxy) is 1. The Morgan fingerprint density at radius 2 is 2.00 bits per heavy atom. The number of hydrogen-bond acceptors (Lipinski definition) is 5. The molecule has 0 spiro atoms. The number of amides is 1. The first kappa shape index (κ1) is 23.8. The molecule has 0 saturated carbocycles. The summed E-state index contributed by atoms with van der Waals surface area (Å²) >= 11 is 0. The number of nitrogens with one attached hydrogen (secondary N) is 1. The summed E-state index contributed by atoms with van der Waals surface area (Å²) in [6, 6.07) is 13.8. The maximum Gasteiger partial charge on any atom is 0.360 e. The fourth-order valence-electron chi connectivity index (χ4n) is 4.09. The van der Waals surface area contributed by atoms with E-state index >= 15 is 0 Å². The van der Waals surface area contributed by atoms with Gasteiger partial charge < -0.3 is 19.4 Å². The second-order valence-corrected chi connectivity index (χ2v) is 9.22. The van der Waals surface area contributed by atoms with Crippen molar-refractivity contribution in [2.75, 3.05) is 25.5 Å². The summed E-state index contributed by atoms with van der Waals surface area (Å²) in [7, 11) is 2.11. The van der Waals surface area contributed by atoms with E-state index in [0.717, 1.165) is 48.2 Å². The molecule has 6 nitrogen and oxygen atoms in total. The molecule has 1 fully saturated rings. The Labute approximate surface area is 200 Å². The zero-order chi connectivity index (χ0) is 24.2. The zero-order valence-electron chi connectivity index (χ0n) is 20.2. The predicted octanol–water partition coefficient (Wildman–Crippen LogP) is 5.14. The number of aryl methyl sites for hydroxylation is 1. The second kappa shape index (κ2) is 10.3. The van der Waals surface area contributed by atoms with Crippen LogP contribution >= 0.6 is 0 Å². The average molecular weight is 460 g/mol. The molecule has 3 aromatic rings. The molecule has 1 aliphatic heterocycles. The minimum Gasteiger partial charge on any atom is -0.490 e. The van der Waals surface area contributed by atoms with E-state index in [1.807, 2.05) is 32.9 Å². The number of anilines is 1. The number of hydrogen-bond donors (Lipinski definition) is 1. The highest BCUT2D eigenvalue weighted by Gasteiger charge is 2.20. The fraction of sp³-hybridized carbons (Fsp3) is 0.357. The van der Waals surface area contributed by atoms with Gasteiger partial charge in [-0.15, -0.1) is 0 Å². The van der Waals surface area contributed by atoms with Gasteiger partial charge in [0.25, 0.3) is 5.91 Å². The Hall–Kier alpha value is -3.38. The molecule has 1 aromatic heterocycles. The molecule has 0 bridgehead atoms. The highest BCUT2D eigenvalue weighted by atomic mass is 16.5. The van der Waals surface area contributed by atoms with E-state index in [1.165, 1.54) is 5.57 Å². The molecule has 1 N–H and O–H groups in total. The SMILES string of the molecule is CC(C)=CCc1[c]ccc(C(=O)Nc2cc3ccc(OC4CCN(C)CC4)c(C)c3oc2=O)c1. The molecule has 2 heterocycles. The third kappa shape index (κ3) is 5.57. The van der Waals surface area contributed by atoms with E-state index in [9.17, 15) is 9.59 Å². The van der Waals surface area contributed by atoms with E-state index in [1.54, 1.807) is 24.3 Å². The molecule has 4 rings (SSSR count). The number of likely N-dealkylation sites (tertiary alicyclic amines) is 1. The molecule has 0 atom stereocenters. The van der Waals surface area contributed by atoms with Crippen LogP contribution in [0.5, 0.6) is 5.75 Å². The van der Waals surface area contributed by atoms with Crippen molar-refractivity contribution in [2.24, 2.45) is 0 Å². The lowest BCUT2D eigenvalue weighted by Gasteiger charge is -2.29. The van der Waals surface area contributed by atoms with Crippen LogP contribution in [0.1, 0.15) is 48.2 Å². The van der Waals surface area contributed by atoms with Gasteiger partial charge in [-0.1, -0.05) is 17.7 Å². The lowest BCUT2D eigenvalue weighted by atomic mass is 10.1. The minimum atomic E-state index is -0.590. The van der Waals surface area contributed by atoms with Gasteiger partial charge in [-0.05, 0) is 89.0 Å². The number of carbonyl (C=O) groups is 1. The first-order valence-corrected chi connectivity index (χ1v) is 11.7. The third-order valence-corrected chi connectivity index (χ3v) is 6.16. The maximum atomic E-state index is 12.8. The molecular formula is C28H31N2O4. The highest BCUT2D eigenvalue weighted by molar-refractivity contribution is 6.05. The largest absolute Gasteiger partial charge is 0.490 e. The lowest BCUT2D eigenvalue weighted by Crippen LogP contribution is -2.35. The van der Waals surface area contributed by atoms with Gasteiger partial charge in [0.1, 0.15) is 23.1 Å². The fourth-order valence-corrected chi connectivity index (χ4v) is 4.09. The highest BCUT2D eigenvalue weighted by Crippen LogP contribution is 2.30. The molecule has 6 heteroatoms. The Morgan fingerprint density at radius 3 is 2.74 bits per heavy atom. The first-order chi connectivity index (χ1) is 16.3. The molecule has 1 radical (unpaired) electrons. The molecule has 177 valence electrons. The van der Waals surface area contributed by atoms with Crippen LogP contribution in [0.3, 0.4) is 0 Å². The average Bonchev–Trinajstić information content (AvgIpc) is 2.82. The van der Waals surface area contributed by atoms with Crippen molar-refractivity contribution in [2.45, 2.75) is 46.1 Å². The van der Waals surface area contributed by atoms with Gasteiger partial charge in [0.05, 0.1) is 0 Å². The van der Waals surface area contributed by atoms with Crippen molar-refractivity contribution in [3.63, 3.8) is 0 Å². The summed E-state index contributed by atoms with van der Waals surface area (Å²) in [5.41, 5.74) is 3.36. The number of carbonyl (C=O) groups excluding carboxylic acids is 1. The first-order valence-electron chi connectivity index (χ1n) is 11.7. The molecule has 2 aromatic carbocycles. The van der Waals surface area contributed by atoms with Crippen LogP contribution in [0.15, 0.2) is 57.3 Å². The van der Waals surface area contributed by atoms with E-state index < -0.39 is 5.63 Å². The Kier molecular flexibility index (Phi) is 7.17. The summed E-state index contributed by atoms with van der Waals surface area (Å²) in [5.74, 6) is 0.365.